The van der Waals surface area contributed by atoms with Crippen molar-refractivity contribution < 1.29 is 14.8 Å². The molecule has 0 unspecified atom stereocenters. The molecule has 5 aromatic rings. The number of hydrogen-bond donors (Lipinski definition) is 2. The van der Waals surface area contributed by atoms with Crippen molar-refractivity contribution in [2.45, 2.75) is 18.8 Å². The van der Waals surface area contributed by atoms with E-state index in [2.05, 4.69) is 20.4 Å². The van der Waals surface area contributed by atoms with E-state index in [9.17, 15) is 4.79 Å². The zero-order valence-electron chi connectivity index (χ0n) is 19.7. The first-order chi connectivity index (χ1) is 17.2. The lowest BCUT2D eigenvalue weighted by Crippen LogP contribution is -2.73. The van der Waals surface area contributed by atoms with Crippen molar-refractivity contribution >= 4 is 39.5 Å². The van der Waals surface area contributed by atoms with Crippen molar-refractivity contribution in [3.05, 3.63) is 64.9 Å². The van der Waals surface area contributed by atoms with Gasteiger partial charge in [-0.1, -0.05) is 6.07 Å². The second-order valence-electron chi connectivity index (χ2n) is 8.82. The Labute approximate surface area is 206 Å². The van der Waals surface area contributed by atoms with Crippen molar-refractivity contribution in [3.8, 4) is 17.1 Å². The molecule has 3 N–H and O–H groups in total. The van der Waals surface area contributed by atoms with Gasteiger partial charge >= 0.3 is 0 Å². The molecule has 0 bridgehead atoms. The van der Waals surface area contributed by atoms with E-state index in [0.717, 1.165) is 76.7 Å². The molecule has 1 aromatic carbocycles. The van der Waals surface area contributed by atoms with Gasteiger partial charge in [-0.25, -0.2) is 9.97 Å². The topological polar surface area (TPSA) is 92.1 Å². The van der Waals surface area contributed by atoms with Gasteiger partial charge in [0.25, 0.3) is 11.7 Å². The number of nitrogens with zero attached hydrogens (tertiary/aromatic N) is 4. The third-order valence-electron chi connectivity index (χ3n) is 6.90. The number of piperidine rings is 1. The van der Waals surface area contributed by atoms with E-state index in [4.69, 9.17) is 9.72 Å². The lowest BCUT2D eigenvalue weighted by molar-refractivity contribution is -0.542. The SMILES string of the molecule is C[NH2+]c1nccn2c(C3CCN(C(=O)c4ccsc4)CC3)nc(-c3cc4c(OC)cccc4[nH]3)c12. The Hall–Kier alpha value is -3.69. The van der Waals surface area contributed by atoms with Crippen molar-refractivity contribution in [1.82, 2.24) is 24.3 Å². The second-order valence-corrected chi connectivity index (χ2v) is 9.60. The van der Waals surface area contributed by atoms with Crippen LogP contribution in [-0.2, 0) is 0 Å². The summed E-state index contributed by atoms with van der Waals surface area (Å²) in [6, 6.07) is 10.0. The molecule has 1 saturated heterocycles. The molecule has 8 nitrogen and oxygen atoms in total. The van der Waals surface area contributed by atoms with Crippen LogP contribution in [0.15, 0.2) is 53.5 Å². The van der Waals surface area contributed by atoms with Gasteiger partial charge < -0.3 is 14.6 Å². The number of amides is 1. The zero-order valence-corrected chi connectivity index (χ0v) is 20.5. The summed E-state index contributed by atoms with van der Waals surface area (Å²) in [4.78, 5) is 28.1. The van der Waals surface area contributed by atoms with E-state index in [-0.39, 0.29) is 11.8 Å². The Balaban J connectivity index is 1.38. The number of thiophene rings is 1. The summed E-state index contributed by atoms with van der Waals surface area (Å²) in [6.07, 6.45) is 5.59. The Bertz CT molecular complexity index is 1510. The van der Waals surface area contributed by atoms with Crippen molar-refractivity contribution in [2.24, 2.45) is 0 Å². The van der Waals surface area contributed by atoms with Crippen LogP contribution in [0, 0.1) is 0 Å². The smallest absolute Gasteiger partial charge is 0.254 e. The van der Waals surface area contributed by atoms with Crippen LogP contribution in [0.5, 0.6) is 5.75 Å². The van der Waals surface area contributed by atoms with Gasteiger partial charge in [-0.3, -0.25) is 14.5 Å². The number of ether oxygens (including phenoxy) is 1. The first kappa shape index (κ1) is 21.8. The highest BCUT2D eigenvalue weighted by Crippen LogP contribution is 2.36. The van der Waals surface area contributed by atoms with E-state index in [1.54, 1.807) is 18.4 Å². The number of rotatable bonds is 5. The summed E-state index contributed by atoms with van der Waals surface area (Å²) in [5, 5.41) is 6.93. The van der Waals surface area contributed by atoms with E-state index in [0.29, 0.717) is 0 Å². The maximum Gasteiger partial charge on any atom is 0.254 e. The van der Waals surface area contributed by atoms with E-state index in [1.165, 1.54) is 0 Å². The fourth-order valence-corrected chi connectivity index (χ4v) is 5.75. The lowest BCUT2D eigenvalue weighted by atomic mass is 9.95. The number of benzene rings is 1. The molecule has 178 valence electrons. The molecule has 1 aliphatic rings. The number of aromatic amines is 1. The zero-order chi connectivity index (χ0) is 23.9. The highest BCUT2D eigenvalue weighted by Gasteiger charge is 2.30. The number of methoxy groups -OCH3 is 1. The molecule has 1 amide bonds. The number of nitrogens with two attached hydrogens (primary N) is 1. The van der Waals surface area contributed by atoms with Crippen LogP contribution >= 0.6 is 11.3 Å². The Morgan fingerprint density at radius 2 is 2.11 bits per heavy atom. The molecule has 6 rings (SSSR count). The van der Waals surface area contributed by atoms with Gasteiger partial charge in [0.15, 0.2) is 5.52 Å². The average Bonchev–Trinajstić information content (AvgIpc) is 3.66. The molecule has 5 heterocycles. The van der Waals surface area contributed by atoms with Crippen LogP contribution in [0.4, 0.5) is 5.82 Å². The molecule has 35 heavy (non-hydrogen) atoms. The highest BCUT2D eigenvalue weighted by molar-refractivity contribution is 7.08. The van der Waals surface area contributed by atoms with Gasteiger partial charge in [0.2, 0.25) is 0 Å². The van der Waals surface area contributed by atoms with Gasteiger partial charge in [-0.15, -0.1) is 0 Å². The molecule has 1 fully saturated rings. The van der Waals surface area contributed by atoms with Crippen molar-refractivity contribution in [1.29, 1.82) is 0 Å². The molecule has 0 saturated carbocycles. The van der Waals surface area contributed by atoms with Gasteiger partial charge in [0, 0.05) is 47.7 Å². The second kappa shape index (κ2) is 8.83. The van der Waals surface area contributed by atoms with Crippen LogP contribution in [0.1, 0.15) is 34.9 Å². The Kier molecular flexibility index (Phi) is 5.50. The van der Waals surface area contributed by atoms with E-state index >= 15 is 0 Å². The number of imidazole rings is 1. The monoisotopic (exact) mass is 487 g/mol. The van der Waals surface area contributed by atoms with Gasteiger partial charge in [0.05, 0.1) is 25.4 Å². The van der Waals surface area contributed by atoms with E-state index < -0.39 is 0 Å². The molecule has 4 aromatic heterocycles. The molecule has 0 radical (unpaired) electrons. The number of fused-ring (bicyclic) bond motifs is 2. The summed E-state index contributed by atoms with van der Waals surface area (Å²) >= 11 is 1.56. The summed E-state index contributed by atoms with van der Waals surface area (Å²) in [6.45, 7) is 1.45. The van der Waals surface area contributed by atoms with Crippen LogP contribution in [0.25, 0.3) is 27.8 Å². The maximum atomic E-state index is 12.8. The number of likely N-dealkylation sites (tertiary alicyclic amines) is 1. The predicted octanol–water partition coefficient (Wildman–Crippen LogP) is 3.79. The number of H-pyrrole nitrogens is 1. The number of aromatic nitrogens is 4. The average molecular weight is 488 g/mol. The highest BCUT2D eigenvalue weighted by atomic mass is 32.1. The summed E-state index contributed by atoms with van der Waals surface area (Å²) in [5.41, 5.74) is 4.61. The summed E-state index contributed by atoms with van der Waals surface area (Å²) < 4.78 is 7.75. The number of carbonyl (C=O) groups is 1. The number of quaternary nitrogens is 1. The Morgan fingerprint density at radius 3 is 2.86 bits per heavy atom. The minimum absolute atomic E-state index is 0.123. The lowest BCUT2D eigenvalue weighted by Gasteiger charge is -2.31. The van der Waals surface area contributed by atoms with Crippen molar-refractivity contribution in [2.75, 3.05) is 27.2 Å². The first-order valence-electron chi connectivity index (χ1n) is 11.8. The molecule has 0 aliphatic carbocycles. The number of carbonyl (C=O) groups excluding carboxylic acids is 1. The van der Waals surface area contributed by atoms with Gasteiger partial charge in [0.1, 0.15) is 17.3 Å². The first-order valence-corrected chi connectivity index (χ1v) is 12.8. The fourth-order valence-electron chi connectivity index (χ4n) is 5.12. The molecule has 0 spiro atoms. The molecule has 0 atom stereocenters. The van der Waals surface area contributed by atoms with Gasteiger partial charge in [-0.05, 0) is 42.5 Å². The van der Waals surface area contributed by atoms with Crippen molar-refractivity contribution in [3.63, 3.8) is 0 Å². The molecule has 1 aliphatic heterocycles. The van der Waals surface area contributed by atoms with Gasteiger partial charge in [-0.2, -0.15) is 11.3 Å². The third kappa shape index (κ3) is 3.67. The minimum Gasteiger partial charge on any atom is -0.496 e. The quantitative estimate of drug-likeness (QED) is 0.395. The molecular formula is C26H27N6O2S+. The normalized spacial score (nSPS) is 14.7. The predicted molar refractivity (Wildman–Crippen MR) is 137 cm³/mol. The van der Waals surface area contributed by atoms with E-state index in [1.807, 2.05) is 64.7 Å². The number of hydrogen-bond acceptors (Lipinski definition) is 5. The Morgan fingerprint density at radius 1 is 1.26 bits per heavy atom. The minimum atomic E-state index is 0.123. The molecule has 9 heteroatoms. The number of nitrogens with one attached hydrogen (secondary N) is 1. The van der Waals surface area contributed by atoms with Crippen LogP contribution in [-0.4, -0.2) is 57.4 Å². The summed E-state index contributed by atoms with van der Waals surface area (Å²) in [7, 11) is 3.69. The largest absolute Gasteiger partial charge is 0.496 e. The third-order valence-corrected chi connectivity index (χ3v) is 7.58. The summed E-state index contributed by atoms with van der Waals surface area (Å²) in [5.74, 6) is 3.13. The van der Waals surface area contributed by atoms with Crippen LogP contribution in [0.3, 0.4) is 0 Å². The standard InChI is InChI=1S/C26H26N6O2S/c1-27-24-23-22(20-14-18-19(29-20)4-3-5-21(18)34-2)30-25(32(23)12-9-28-24)16-6-10-31(11-7-16)26(33)17-8-13-35-15-17/h3-5,8-9,12-16,29H,6-7,10-11H2,1-2H3,(H,27,28)/p+1. The fraction of sp³-hybridized carbons (Fsp3) is 0.269. The molecular weight excluding hydrogens is 460 g/mol. The van der Waals surface area contributed by atoms with Crippen LogP contribution in [0.2, 0.25) is 0 Å². The maximum absolute atomic E-state index is 12.8. The van der Waals surface area contributed by atoms with Crippen LogP contribution < -0.4 is 10.1 Å².